The van der Waals surface area contributed by atoms with Crippen LogP contribution in [0.25, 0.3) is 0 Å². The summed E-state index contributed by atoms with van der Waals surface area (Å²) in [6.07, 6.45) is 0. The van der Waals surface area contributed by atoms with Crippen LogP contribution in [0.2, 0.25) is 0 Å². The van der Waals surface area contributed by atoms with Gasteiger partial charge in [0.25, 0.3) is 0 Å². The van der Waals surface area contributed by atoms with Gasteiger partial charge in [-0.05, 0) is 17.7 Å². The van der Waals surface area contributed by atoms with Gasteiger partial charge in [0.15, 0.2) is 11.5 Å². The Hall–Kier alpha value is -2.93. The van der Waals surface area contributed by atoms with E-state index in [1.807, 2.05) is 23.1 Å². The first-order chi connectivity index (χ1) is 13.8. The predicted molar refractivity (Wildman–Crippen MR) is 105 cm³/mol. The fourth-order valence-corrected chi connectivity index (χ4v) is 3.36. The molecule has 0 saturated carbocycles. The summed E-state index contributed by atoms with van der Waals surface area (Å²) in [5, 5.41) is 2.93. The molecular weight excluding hydrogens is 358 g/mol. The molecule has 7 nitrogen and oxygen atoms in total. The van der Waals surface area contributed by atoms with E-state index in [1.54, 1.807) is 6.07 Å². The highest BCUT2D eigenvalue weighted by molar-refractivity contribution is 5.74. The number of urea groups is 1. The first-order valence-electron chi connectivity index (χ1n) is 9.59. The van der Waals surface area contributed by atoms with Crippen LogP contribution in [0.1, 0.15) is 5.56 Å². The van der Waals surface area contributed by atoms with E-state index in [0.717, 1.165) is 38.5 Å². The second kappa shape index (κ2) is 8.84. The number of carbonyl (C=O) groups excluding carboxylic acids is 1. The van der Waals surface area contributed by atoms with Gasteiger partial charge in [-0.25, -0.2) is 4.79 Å². The maximum atomic E-state index is 12.3. The van der Waals surface area contributed by atoms with Crippen molar-refractivity contribution in [3.05, 3.63) is 54.1 Å². The van der Waals surface area contributed by atoms with Gasteiger partial charge in [0.1, 0.15) is 12.4 Å². The quantitative estimate of drug-likeness (QED) is 0.776. The van der Waals surface area contributed by atoms with Gasteiger partial charge in [-0.15, -0.1) is 0 Å². The normalized spacial score (nSPS) is 16.1. The fraction of sp³-hybridized carbons (Fsp3) is 0.381. The Kier molecular flexibility index (Phi) is 5.82. The lowest BCUT2D eigenvalue weighted by Gasteiger charge is -2.34. The minimum absolute atomic E-state index is 0.0337. The summed E-state index contributed by atoms with van der Waals surface area (Å²) in [6, 6.07) is 15.9. The van der Waals surface area contributed by atoms with Crippen LogP contribution in [0.15, 0.2) is 48.5 Å². The van der Waals surface area contributed by atoms with Gasteiger partial charge in [0, 0.05) is 38.8 Å². The van der Waals surface area contributed by atoms with Gasteiger partial charge in [0.05, 0.1) is 6.54 Å². The van der Waals surface area contributed by atoms with Crippen molar-refractivity contribution in [2.24, 2.45) is 0 Å². The van der Waals surface area contributed by atoms with Gasteiger partial charge in [-0.3, -0.25) is 4.90 Å². The molecule has 148 valence electrons. The van der Waals surface area contributed by atoms with Gasteiger partial charge < -0.3 is 24.4 Å². The summed E-state index contributed by atoms with van der Waals surface area (Å²) in [7, 11) is 0. The molecule has 2 aliphatic rings. The van der Waals surface area contributed by atoms with E-state index in [9.17, 15) is 4.79 Å². The van der Waals surface area contributed by atoms with Crippen molar-refractivity contribution >= 4 is 6.03 Å². The lowest BCUT2D eigenvalue weighted by Crippen LogP contribution is -2.51. The standard InChI is InChI=1S/C21H25N3O4/c25-21(22-8-13-26-18-6-7-19-20(14-18)28-16-27-19)24-11-9-23(10-12-24)15-17-4-2-1-3-5-17/h1-7,14H,8-13,15-16H2,(H,22,25). The summed E-state index contributed by atoms with van der Waals surface area (Å²) in [6.45, 7) is 5.28. The van der Waals surface area contributed by atoms with Crippen LogP contribution in [0.4, 0.5) is 4.79 Å². The van der Waals surface area contributed by atoms with E-state index in [2.05, 4.69) is 34.5 Å². The Morgan fingerprint density at radius 3 is 2.61 bits per heavy atom. The third kappa shape index (κ3) is 4.67. The highest BCUT2D eigenvalue weighted by atomic mass is 16.7. The zero-order chi connectivity index (χ0) is 19.2. The second-order valence-corrected chi connectivity index (χ2v) is 6.84. The highest BCUT2D eigenvalue weighted by Gasteiger charge is 2.20. The lowest BCUT2D eigenvalue weighted by atomic mass is 10.2. The van der Waals surface area contributed by atoms with E-state index < -0.39 is 0 Å². The molecule has 2 aliphatic heterocycles. The Morgan fingerprint density at radius 1 is 1.00 bits per heavy atom. The molecular formula is C21H25N3O4. The molecule has 0 spiro atoms. The van der Waals surface area contributed by atoms with Crippen LogP contribution in [-0.2, 0) is 6.54 Å². The number of rotatable bonds is 6. The van der Waals surface area contributed by atoms with Crippen LogP contribution in [-0.4, -0.2) is 62.0 Å². The lowest BCUT2D eigenvalue weighted by molar-refractivity contribution is 0.134. The number of amides is 2. The summed E-state index contributed by atoms with van der Waals surface area (Å²) >= 11 is 0. The van der Waals surface area contributed by atoms with E-state index in [0.29, 0.717) is 24.7 Å². The average Bonchev–Trinajstić information content (AvgIpc) is 3.20. The molecule has 1 fully saturated rings. The molecule has 0 atom stereocenters. The van der Waals surface area contributed by atoms with Crippen molar-refractivity contribution in [1.29, 1.82) is 0 Å². The molecule has 0 bridgehead atoms. The predicted octanol–water partition coefficient (Wildman–Crippen LogP) is 2.32. The molecule has 0 aliphatic carbocycles. The molecule has 1 N–H and O–H groups in total. The third-order valence-corrected chi connectivity index (χ3v) is 4.90. The fourth-order valence-electron chi connectivity index (χ4n) is 3.36. The number of carbonyl (C=O) groups is 1. The summed E-state index contributed by atoms with van der Waals surface area (Å²) in [5.41, 5.74) is 1.31. The second-order valence-electron chi connectivity index (χ2n) is 6.84. The summed E-state index contributed by atoms with van der Waals surface area (Å²) in [5.74, 6) is 2.12. The zero-order valence-corrected chi connectivity index (χ0v) is 15.8. The number of nitrogens with one attached hydrogen (secondary N) is 1. The van der Waals surface area contributed by atoms with E-state index in [1.165, 1.54) is 5.56 Å². The van der Waals surface area contributed by atoms with Crippen molar-refractivity contribution in [3.63, 3.8) is 0 Å². The SMILES string of the molecule is O=C(NCCOc1ccc2c(c1)OCO2)N1CCN(Cc2ccccc2)CC1. The first-order valence-corrected chi connectivity index (χ1v) is 9.59. The van der Waals surface area contributed by atoms with E-state index in [4.69, 9.17) is 14.2 Å². The Labute approximate surface area is 164 Å². The molecule has 4 rings (SSSR count). The van der Waals surface area contributed by atoms with Crippen molar-refractivity contribution in [1.82, 2.24) is 15.1 Å². The molecule has 2 amide bonds. The number of ether oxygens (including phenoxy) is 3. The molecule has 1 saturated heterocycles. The van der Waals surface area contributed by atoms with E-state index in [-0.39, 0.29) is 12.8 Å². The third-order valence-electron chi connectivity index (χ3n) is 4.90. The number of benzene rings is 2. The van der Waals surface area contributed by atoms with Crippen molar-refractivity contribution in [2.45, 2.75) is 6.54 Å². The average molecular weight is 383 g/mol. The van der Waals surface area contributed by atoms with Crippen LogP contribution in [0, 0.1) is 0 Å². The van der Waals surface area contributed by atoms with Crippen molar-refractivity contribution < 1.29 is 19.0 Å². The highest BCUT2D eigenvalue weighted by Crippen LogP contribution is 2.34. The molecule has 0 unspecified atom stereocenters. The largest absolute Gasteiger partial charge is 0.492 e. The van der Waals surface area contributed by atoms with Crippen LogP contribution >= 0.6 is 0 Å². The van der Waals surface area contributed by atoms with E-state index >= 15 is 0 Å². The minimum Gasteiger partial charge on any atom is -0.492 e. The molecule has 2 aromatic carbocycles. The topological polar surface area (TPSA) is 63.3 Å². The van der Waals surface area contributed by atoms with Crippen molar-refractivity contribution in [3.8, 4) is 17.2 Å². The Morgan fingerprint density at radius 2 is 1.79 bits per heavy atom. The molecule has 0 radical (unpaired) electrons. The van der Waals surface area contributed by atoms with Gasteiger partial charge in [0.2, 0.25) is 6.79 Å². The molecule has 2 heterocycles. The van der Waals surface area contributed by atoms with Crippen LogP contribution < -0.4 is 19.5 Å². The van der Waals surface area contributed by atoms with Gasteiger partial charge in [-0.2, -0.15) is 0 Å². The molecule has 2 aromatic rings. The molecule has 28 heavy (non-hydrogen) atoms. The van der Waals surface area contributed by atoms with Crippen LogP contribution in [0.5, 0.6) is 17.2 Å². The Bertz CT molecular complexity index is 791. The van der Waals surface area contributed by atoms with Crippen molar-refractivity contribution in [2.75, 3.05) is 46.1 Å². The molecule has 7 heteroatoms. The summed E-state index contributed by atoms with van der Waals surface area (Å²) in [4.78, 5) is 16.6. The maximum Gasteiger partial charge on any atom is 0.317 e. The monoisotopic (exact) mass is 383 g/mol. The number of nitrogens with zero attached hydrogens (tertiary/aromatic N) is 2. The van der Waals surface area contributed by atoms with Gasteiger partial charge in [-0.1, -0.05) is 30.3 Å². The first kappa shape index (κ1) is 18.4. The Balaban J connectivity index is 1.14. The van der Waals surface area contributed by atoms with Crippen LogP contribution in [0.3, 0.4) is 0 Å². The number of fused-ring (bicyclic) bond motifs is 1. The number of piperazine rings is 1. The minimum atomic E-state index is -0.0337. The van der Waals surface area contributed by atoms with Gasteiger partial charge >= 0.3 is 6.03 Å². The summed E-state index contributed by atoms with van der Waals surface area (Å²) < 4.78 is 16.3. The maximum absolute atomic E-state index is 12.3. The zero-order valence-electron chi connectivity index (χ0n) is 15.8. The number of hydrogen-bond acceptors (Lipinski definition) is 5. The molecule has 0 aromatic heterocycles. The smallest absolute Gasteiger partial charge is 0.317 e. The number of hydrogen-bond donors (Lipinski definition) is 1.